The number of aromatic nitrogens is 1. The maximum absolute atomic E-state index is 15.5. The van der Waals surface area contributed by atoms with Gasteiger partial charge in [-0.25, -0.2) is 18.0 Å². The van der Waals surface area contributed by atoms with E-state index in [9.17, 15) is 9.18 Å². The molecule has 1 saturated carbocycles. The summed E-state index contributed by atoms with van der Waals surface area (Å²) in [5.41, 5.74) is 0.653. The average molecular weight is 454 g/mol. The third kappa shape index (κ3) is 3.84. The van der Waals surface area contributed by atoms with Gasteiger partial charge in [0.1, 0.15) is 17.3 Å². The van der Waals surface area contributed by atoms with E-state index in [2.05, 4.69) is 4.98 Å². The number of rotatable bonds is 5. The summed E-state index contributed by atoms with van der Waals surface area (Å²) in [6.45, 7) is 2.99. The van der Waals surface area contributed by atoms with Gasteiger partial charge in [0.15, 0.2) is 0 Å². The molecule has 0 amide bonds. The highest BCUT2D eigenvalue weighted by atomic mass is 19.1. The molecule has 4 nitrogen and oxygen atoms in total. The molecule has 1 atom stereocenters. The van der Waals surface area contributed by atoms with E-state index in [1.807, 2.05) is 29.2 Å². The van der Waals surface area contributed by atoms with Crippen LogP contribution in [0.1, 0.15) is 55.1 Å². The molecule has 33 heavy (non-hydrogen) atoms. The Labute approximate surface area is 189 Å². The summed E-state index contributed by atoms with van der Waals surface area (Å²) in [5, 5.41) is 9.86. The molecule has 1 fully saturated rings. The fourth-order valence-corrected chi connectivity index (χ4v) is 5.21. The number of fused-ring (bicyclic) bond motifs is 3. The lowest BCUT2D eigenvalue weighted by Gasteiger charge is -2.45. The number of para-hydroxylation sites is 1. The maximum Gasteiger partial charge on any atom is 0.328 e. The Morgan fingerprint density at radius 1 is 1.24 bits per heavy atom. The number of aromatic amines is 1. The lowest BCUT2D eigenvalue weighted by Crippen LogP contribution is -2.51. The SMILES string of the molecule is CC(C)(F)CN1[C@H](c2c(F)cc(/C=C/C(=O)O)cc2F)c2[nH]c3ccccc3c2CC12CC2. The van der Waals surface area contributed by atoms with Crippen LogP contribution in [0, 0.1) is 11.6 Å². The first kappa shape index (κ1) is 21.8. The highest BCUT2D eigenvalue weighted by Gasteiger charge is 2.56. The number of hydrogen-bond acceptors (Lipinski definition) is 2. The van der Waals surface area contributed by atoms with Crippen LogP contribution in [-0.2, 0) is 11.2 Å². The van der Waals surface area contributed by atoms with Crippen molar-refractivity contribution in [2.75, 3.05) is 6.54 Å². The van der Waals surface area contributed by atoms with Crippen molar-refractivity contribution >= 4 is 22.9 Å². The van der Waals surface area contributed by atoms with Gasteiger partial charge in [0.2, 0.25) is 0 Å². The average Bonchev–Trinajstić information content (AvgIpc) is 3.40. The molecule has 1 aromatic heterocycles. The summed E-state index contributed by atoms with van der Waals surface area (Å²) in [6.07, 6.45) is 4.35. The Bertz CT molecular complexity index is 1260. The highest BCUT2D eigenvalue weighted by molar-refractivity contribution is 5.86. The van der Waals surface area contributed by atoms with Crippen LogP contribution < -0.4 is 0 Å². The summed E-state index contributed by atoms with van der Waals surface area (Å²) >= 11 is 0. The van der Waals surface area contributed by atoms with Crippen LogP contribution in [0.15, 0.2) is 42.5 Å². The van der Waals surface area contributed by atoms with Crippen LogP contribution in [-0.4, -0.2) is 38.7 Å². The van der Waals surface area contributed by atoms with Crippen LogP contribution in [0.4, 0.5) is 13.2 Å². The van der Waals surface area contributed by atoms with E-state index in [1.165, 1.54) is 13.8 Å². The Kier molecular flexibility index (Phi) is 4.94. The van der Waals surface area contributed by atoms with Crippen LogP contribution in [0.2, 0.25) is 0 Å². The van der Waals surface area contributed by atoms with Crippen molar-refractivity contribution in [3.63, 3.8) is 0 Å². The minimum absolute atomic E-state index is 0.0338. The zero-order chi connectivity index (χ0) is 23.5. The summed E-state index contributed by atoms with van der Waals surface area (Å²) in [6, 6.07) is 9.21. The number of nitrogens with zero attached hydrogens (tertiary/aromatic N) is 1. The smallest absolute Gasteiger partial charge is 0.328 e. The van der Waals surface area contributed by atoms with Gasteiger partial charge in [0.05, 0.1) is 6.04 Å². The predicted molar refractivity (Wildman–Crippen MR) is 121 cm³/mol. The van der Waals surface area contributed by atoms with Gasteiger partial charge in [-0.05, 0) is 68.5 Å². The number of alkyl halides is 1. The monoisotopic (exact) mass is 454 g/mol. The normalized spacial score (nSPS) is 20.0. The number of carboxylic acids is 1. The number of carbonyl (C=O) groups is 1. The molecule has 1 aliphatic heterocycles. The molecule has 5 rings (SSSR count). The van der Waals surface area contributed by atoms with E-state index < -0.39 is 29.3 Å². The lowest BCUT2D eigenvalue weighted by atomic mass is 9.85. The molecular weight excluding hydrogens is 429 g/mol. The molecule has 0 radical (unpaired) electrons. The minimum Gasteiger partial charge on any atom is -0.478 e. The third-order valence-electron chi connectivity index (χ3n) is 6.71. The Hall–Kier alpha value is -3.06. The Balaban J connectivity index is 1.72. The quantitative estimate of drug-likeness (QED) is 0.481. The van der Waals surface area contributed by atoms with Crippen molar-refractivity contribution < 1.29 is 23.1 Å². The van der Waals surface area contributed by atoms with Crippen molar-refractivity contribution in [2.24, 2.45) is 0 Å². The van der Waals surface area contributed by atoms with Gasteiger partial charge in [0, 0.05) is 40.3 Å². The first-order valence-corrected chi connectivity index (χ1v) is 11.0. The van der Waals surface area contributed by atoms with Crippen molar-refractivity contribution in [3.05, 3.63) is 76.5 Å². The largest absolute Gasteiger partial charge is 0.478 e. The summed E-state index contributed by atoms with van der Waals surface area (Å²) in [7, 11) is 0. The van der Waals surface area contributed by atoms with Crippen LogP contribution in [0.3, 0.4) is 0 Å². The lowest BCUT2D eigenvalue weighted by molar-refractivity contribution is -0.131. The number of carboxylic acid groups (broad SMARTS) is 1. The molecule has 2 aromatic carbocycles. The zero-order valence-electron chi connectivity index (χ0n) is 18.5. The topological polar surface area (TPSA) is 56.3 Å². The number of nitrogens with one attached hydrogen (secondary N) is 1. The molecule has 7 heteroatoms. The molecule has 172 valence electrons. The van der Waals surface area contributed by atoms with Crippen molar-refractivity contribution in [1.82, 2.24) is 9.88 Å². The first-order valence-electron chi connectivity index (χ1n) is 11.0. The molecule has 1 spiro atoms. The van der Waals surface area contributed by atoms with E-state index in [-0.39, 0.29) is 23.2 Å². The second-order valence-corrected chi connectivity index (χ2v) is 9.78. The Morgan fingerprint density at radius 2 is 1.91 bits per heavy atom. The number of benzene rings is 2. The van der Waals surface area contributed by atoms with Crippen molar-refractivity contribution in [2.45, 2.75) is 50.4 Å². The fourth-order valence-electron chi connectivity index (χ4n) is 5.21. The number of hydrogen-bond donors (Lipinski definition) is 2. The summed E-state index contributed by atoms with van der Waals surface area (Å²) in [4.78, 5) is 16.1. The van der Waals surface area contributed by atoms with Crippen molar-refractivity contribution in [1.29, 1.82) is 0 Å². The minimum atomic E-state index is -1.56. The second kappa shape index (κ2) is 7.48. The van der Waals surface area contributed by atoms with Crippen LogP contribution >= 0.6 is 0 Å². The molecule has 0 unspecified atom stereocenters. The number of aliphatic carboxylic acids is 1. The molecule has 2 aliphatic rings. The van der Waals surface area contributed by atoms with Crippen LogP contribution in [0.25, 0.3) is 17.0 Å². The van der Waals surface area contributed by atoms with Crippen molar-refractivity contribution in [3.8, 4) is 0 Å². The molecule has 2 heterocycles. The highest BCUT2D eigenvalue weighted by Crippen LogP contribution is 2.56. The first-order chi connectivity index (χ1) is 15.6. The molecular formula is C26H25F3N2O2. The van der Waals surface area contributed by atoms with Gasteiger partial charge in [-0.15, -0.1) is 0 Å². The molecule has 0 bridgehead atoms. The summed E-state index contributed by atoms with van der Waals surface area (Å²) < 4.78 is 45.9. The van der Waals surface area contributed by atoms with E-state index in [4.69, 9.17) is 5.11 Å². The van der Waals surface area contributed by atoms with Gasteiger partial charge < -0.3 is 10.1 Å². The van der Waals surface area contributed by atoms with Gasteiger partial charge >= 0.3 is 5.97 Å². The zero-order valence-corrected chi connectivity index (χ0v) is 18.5. The molecule has 3 aromatic rings. The summed E-state index contributed by atoms with van der Waals surface area (Å²) in [5.74, 6) is -2.77. The standard InChI is InChI=1S/C26H25F3N2O2/c1-25(2,29)14-31-24(22-18(27)11-15(12-19(22)28)7-8-21(32)33)23-17(13-26(31)9-10-26)16-5-3-4-6-20(16)30-23/h3-8,11-12,24,30H,9-10,13-14H2,1-2H3,(H,32,33)/b8-7+/t24-/m1/s1. The number of halogens is 3. The van der Waals surface area contributed by atoms with Gasteiger partial charge in [-0.1, -0.05) is 18.2 Å². The molecule has 2 N–H and O–H groups in total. The third-order valence-corrected chi connectivity index (χ3v) is 6.71. The van der Waals surface area contributed by atoms with E-state index in [0.29, 0.717) is 12.1 Å². The van der Waals surface area contributed by atoms with E-state index in [0.717, 1.165) is 53.6 Å². The van der Waals surface area contributed by atoms with Gasteiger partial charge in [-0.3, -0.25) is 4.90 Å². The predicted octanol–water partition coefficient (Wildman–Crippen LogP) is 5.77. The Morgan fingerprint density at radius 3 is 2.52 bits per heavy atom. The number of H-pyrrole nitrogens is 1. The maximum atomic E-state index is 15.5. The van der Waals surface area contributed by atoms with Crippen LogP contribution in [0.5, 0.6) is 0 Å². The fraction of sp³-hybridized carbons (Fsp3) is 0.346. The van der Waals surface area contributed by atoms with Gasteiger partial charge in [-0.2, -0.15) is 0 Å². The molecule has 0 saturated heterocycles. The second-order valence-electron chi connectivity index (χ2n) is 9.78. The van der Waals surface area contributed by atoms with E-state index in [1.54, 1.807) is 0 Å². The van der Waals surface area contributed by atoms with Gasteiger partial charge in [0.25, 0.3) is 0 Å². The molecule has 1 aliphatic carbocycles. The van der Waals surface area contributed by atoms with E-state index >= 15 is 8.78 Å².